The monoisotopic (exact) mass is 465 g/mol. The lowest BCUT2D eigenvalue weighted by molar-refractivity contribution is 0.0993. The predicted molar refractivity (Wildman–Crippen MR) is 117 cm³/mol. The number of methoxy groups -OCH3 is 2. The van der Waals surface area contributed by atoms with Gasteiger partial charge in [0, 0.05) is 13.2 Å². The van der Waals surface area contributed by atoms with E-state index in [0.717, 1.165) is 5.52 Å². The Balaban J connectivity index is 2.16. The Bertz CT molecular complexity index is 1280. The molecule has 0 spiro atoms. The average Bonchev–Trinajstić information content (AvgIpc) is 3.08. The molecule has 0 aliphatic heterocycles. The molecule has 0 unspecified atom stereocenters. The van der Waals surface area contributed by atoms with Crippen LogP contribution in [0, 0.1) is 0 Å². The fourth-order valence-electron chi connectivity index (χ4n) is 3.03. The zero-order valence-electron chi connectivity index (χ0n) is 17.3. The molecule has 2 aromatic carbocycles. The first kappa shape index (κ1) is 22.9. The number of hydrogen-bond donors (Lipinski definition) is 1. The van der Waals surface area contributed by atoms with Gasteiger partial charge in [0.15, 0.2) is 16.3 Å². The number of fused-ring (bicyclic) bond motifs is 1. The number of thiazole rings is 1. The number of aromatic nitrogens is 1. The molecule has 0 bridgehead atoms. The Hall–Kier alpha value is -2.73. The van der Waals surface area contributed by atoms with Crippen LogP contribution in [0.4, 0.5) is 0 Å². The van der Waals surface area contributed by atoms with Crippen molar-refractivity contribution in [3.05, 3.63) is 46.8 Å². The predicted octanol–water partition coefficient (Wildman–Crippen LogP) is 2.14. The van der Waals surface area contributed by atoms with Crippen LogP contribution in [0.1, 0.15) is 17.3 Å². The van der Waals surface area contributed by atoms with Gasteiger partial charge in [-0.05, 0) is 37.3 Å². The Labute approximate surface area is 183 Å². The third-order valence-electron chi connectivity index (χ3n) is 4.48. The number of ether oxygens (including phenoxy) is 3. The van der Waals surface area contributed by atoms with E-state index >= 15 is 0 Å². The van der Waals surface area contributed by atoms with Crippen molar-refractivity contribution in [2.24, 2.45) is 10.1 Å². The molecular formula is C20H23N3O6S2. The molecule has 3 rings (SSSR count). The molecule has 0 saturated carbocycles. The van der Waals surface area contributed by atoms with Crippen molar-refractivity contribution in [1.82, 2.24) is 4.57 Å². The maximum Gasteiger partial charge on any atom is 0.283 e. The Morgan fingerprint density at radius 2 is 1.97 bits per heavy atom. The summed E-state index contributed by atoms with van der Waals surface area (Å²) in [5.74, 6) is 0.193. The van der Waals surface area contributed by atoms with Crippen LogP contribution in [0.5, 0.6) is 11.5 Å². The Morgan fingerprint density at radius 3 is 2.61 bits per heavy atom. The van der Waals surface area contributed by atoms with Gasteiger partial charge in [-0.2, -0.15) is 4.99 Å². The number of hydrogen-bond acceptors (Lipinski definition) is 7. The van der Waals surface area contributed by atoms with Gasteiger partial charge in [-0.25, -0.2) is 13.6 Å². The molecule has 1 aromatic heterocycles. The lowest BCUT2D eigenvalue weighted by Gasteiger charge is -2.10. The number of rotatable bonds is 8. The van der Waals surface area contributed by atoms with Crippen molar-refractivity contribution >= 4 is 37.5 Å². The molecule has 0 atom stereocenters. The highest BCUT2D eigenvalue weighted by Crippen LogP contribution is 2.31. The number of carbonyl (C=O) groups is 1. The summed E-state index contributed by atoms with van der Waals surface area (Å²) in [5.41, 5.74) is 0.974. The van der Waals surface area contributed by atoms with Crippen LogP contribution in [-0.2, 0) is 21.3 Å². The highest BCUT2D eigenvalue weighted by Gasteiger charge is 2.17. The van der Waals surface area contributed by atoms with Gasteiger partial charge in [0.2, 0.25) is 10.0 Å². The van der Waals surface area contributed by atoms with E-state index in [1.807, 2.05) is 11.5 Å². The number of carbonyl (C=O) groups excluding carboxylic acids is 1. The maximum atomic E-state index is 13.0. The summed E-state index contributed by atoms with van der Waals surface area (Å²) in [6.45, 7) is 3.27. The molecule has 11 heteroatoms. The SMILES string of the molecule is CCOCCn1c(=NC(=O)c2cccc(OC)c2OC)sc2cc(S(N)(=O)=O)ccc21. The van der Waals surface area contributed by atoms with E-state index in [4.69, 9.17) is 19.3 Å². The van der Waals surface area contributed by atoms with E-state index in [2.05, 4.69) is 4.99 Å². The molecule has 0 saturated heterocycles. The van der Waals surface area contributed by atoms with E-state index in [-0.39, 0.29) is 16.2 Å². The number of amides is 1. The van der Waals surface area contributed by atoms with Gasteiger partial charge in [-0.3, -0.25) is 4.79 Å². The summed E-state index contributed by atoms with van der Waals surface area (Å²) in [7, 11) is -0.921. The van der Waals surface area contributed by atoms with Gasteiger partial charge >= 0.3 is 0 Å². The van der Waals surface area contributed by atoms with E-state index in [9.17, 15) is 13.2 Å². The summed E-state index contributed by atoms with van der Waals surface area (Å²) in [4.78, 5) is 17.7. The number of nitrogens with two attached hydrogens (primary N) is 1. The molecule has 0 fully saturated rings. The van der Waals surface area contributed by atoms with Crippen molar-refractivity contribution < 1.29 is 27.4 Å². The summed E-state index contributed by atoms with van der Waals surface area (Å²) in [6, 6.07) is 9.51. The first-order valence-corrected chi connectivity index (χ1v) is 11.7. The standard InChI is InChI=1S/C20H23N3O6S2/c1-4-29-11-10-23-15-9-8-13(31(21,25)26)12-17(15)30-20(23)22-19(24)14-6-5-7-16(27-2)18(14)28-3/h5-9,12H,4,10-11H2,1-3H3,(H2,21,25,26). The second-order valence-electron chi connectivity index (χ2n) is 6.37. The lowest BCUT2D eigenvalue weighted by atomic mass is 10.2. The average molecular weight is 466 g/mol. The fraction of sp³-hybridized carbons (Fsp3) is 0.300. The van der Waals surface area contributed by atoms with Crippen LogP contribution >= 0.6 is 11.3 Å². The smallest absolute Gasteiger partial charge is 0.283 e. The molecule has 2 N–H and O–H groups in total. The van der Waals surface area contributed by atoms with Gasteiger partial charge in [-0.15, -0.1) is 0 Å². The van der Waals surface area contributed by atoms with Crippen molar-refractivity contribution in [2.75, 3.05) is 27.4 Å². The zero-order valence-corrected chi connectivity index (χ0v) is 19.0. The Morgan fingerprint density at radius 1 is 1.19 bits per heavy atom. The summed E-state index contributed by atoms with van der Waals surface area (Å²) in [5, 5.41) is 5.25. The van der Waals surface area contributed by atoms with Crippen LogP contribution < -0.4 is 19.4 Å². The second kappa shape index (κ2) is 9.60. The highest BCUT2D eigenvalue weighted by atomic mass is 32.2. The summed E-state index contributed by atoms with van der Waals surface area (Å²) in [6.07, 6.45) is 0. The van der Waals surface area contributed by atoms with Gasteiger partial charge in [-0.1, -0.05) is 17.4 Å². The van der Waals surface area contributed by atoms with Gasteiger partial charge in [0.05, 0.1) is 41.5 Å². The minimum Gasteiger partial charge on any atom is -0.493 e. The minimum absolute atomic E-state index is 0.00875. The molecule has 166 valence electrons. The molecule has 1 heterocycles. The molecule has 0 aliphatic rings. The fourth-order valence-corrected chi connectivity index (χ4v) is 4.74. The third kappa shape index (κ3) is 4.96. The number of para-hydroxylation sites is 1. The van der Waals surface area contributed by atoms with Crippen LogP contribution in [0.2, 0.25) is 0 Å². The first-order chi connectivity index (χ1) is 14.8. The quantitative estimate of drug-likeness (QED) is 0.509. The molecular weight excluding hydrogens is 442 g/mol. The van der Waals surface area contributed by atoms with Crippen LogP contribution in [0.25, 0.3) is 10.2 Å². The molecule has 0 radical (unpaired) electrons. The van der Waals surface area contributed by atoms with E-state index < -0.39 is 15.9 Å². The number of primary sulfonamides is 1. The van der Waals surface area contributed by atoms with Gasteiger partial charge in [0.25, 0.3) is 5.91 Å². The molecule has 3 aromatic rings. The largest absolute Gasteiger partial charge is 0.493 e. The van der Waals surface area contributed by atoms with E-state index in [0.29, 0.717) is 35.0 Å². The van der Waals surface area contributed by atoms with E-state index in [1.165, 1.54) is 37.7 Å². The van der Waals surface area contributed by atoms with Crippen molar-refractivity contribution in [3.8, 4) is 11.5 Å². The maximum absolute atomic E-state index is 13.0. The Kier molecular flexibility index (Phi) is 7.11. The zero-order chi connectivity index (χ0) is 22.6. The van der Waals surface area contributed by atoms with Crippen molar-refractivity contribution in [1.29, 1.82) is 0 Å². The van der Waals surface area contributed by atoms with Gasteiger partial charge < -0.3 is 18.8 Å². The molecule has 1 amide bonds. The van der Waals surface area contributed by atoms with E-state index in [1.54, 1.807) is 24.3 Å². The minimum atomic E-state index is -3.86. The normalized spacial score (nSPS) is 12.3. The number of sulfonamides is 1. The summed E-state index contributed by atoms with van der Waals surface area (Å²) >= 11 is 1.19. The summed E-state index contributed by atoms with van der Waals surface area (Å²) < 4.78 is 41.9. The first-order valence-electron chi connectivity index (χ1n) is 9.34. The second-order valence-corrected chi connectivity index (χ2v) is 8.94. The van der Waals surface area contributed by atoms with Crippen LogP contribution in [0.15, 0.2) is 46.3 Å². The molecule has 0 aliphatic carbocycles. The topological polar surface area (TPSA) is 122 Å². The lowest BCUT2D eigenvalue weighted by Crippen LogP contribution is -2.20. The third-order valence-corrected chi connectivity index (χ3v) is 6.43. The molecule has 31 heavy (non-hydrogen) atoms. The van der Waals surface area contributed by atoms with Crippen LogP contribution in [0.3, 0.4) is 0 Å². The number of benzene rings is 2. The number of nitrogens with zero attached hydrogens (tertiary/aromatic N) is 2. The van der Waals surface area contributed by atoms with Crippen molar-refractivity contribution in [3.63, 3.8) is 0 Å². The van der Waals surface area contributed by atoms with Crippen molar-refractivity contribution in [2.45, 2.75) is 18.4 Å². The van der Waals surface area contributed by atoms with Gasteiger partial charge in [0.1, 0.15) is 0 Å². The van der Waals surface area contributed by atoms with Crippen LogP contribution in [-0.4, -0.2) is 46.3 Å². The highest BCUT2D eigenvalue weighted by molar-refractivity contribution is 7.89. The molecule has 9 nitrogen and oxygen atoms in total.